The Hall–Kier alpha value is -1.58. The van der Waals surface area contributed by atoms with Gasteiger partial charge >= 0.3 is 0 Å². The van der Waals surface area contributed by atoms with Gasteiger partial charge < -0.3 is 4.42 Å². The number of fused-ring (bicyclic) bond motifs is 1. The summed E-state index contributed by atoms with van der Waals surface area (Å²) in [4.78, 5) is 0. The molecule has 0 aromatic heterocycles. The van der Waals surface area contributed by atoms with Crippen LogP contribution in [-0.2, 0) is 0 Å². The molecule has 0 aromatic rings. The van der Waals surface area contributed by atoms with E-state index in [-0.39, 0.29) is 0 Å². The molecule has 4 nitrogen and oxygen atoms in total. The van der Waals surface area contributed by atoms with E-state index in [2.05, 4.69) is 5.10 Å². The first-order valence-electron chi connectivity index (χ1n) is 2.83. The zero-order valence-corrected chi connectivity index (χ0v) is 5.11. The lowest BCUT2D eigenvalue weighted by Crippen LogP contribution is -2.13. The maximum Gasteiger partial charge on any atom is 0.199 e. The van der Waals surface area contributed by atoms with Crippen LogP contribution in [0.4, 0.5) is 0 Å². The SMILES string of the molecule is N=c1ccc2cocnn1-2. The highest BCUT2D eigenvalue weighted by molar-refractivity contribution is 5.26. The van der Waals surface area contributed by atoms with Crippen LogP contribution < -0.4 is 5.49 Å². The zero-order chi connectivity index (χ0) is 6.97. The Morgan fingerprint density at radius 1 is 1.50 bits per heavy atom. The van der Waals surface area contributed by atoms with Crippen LogP contribution >= 0.6 is 0 Å². The minimum atomic E-state index is 0.366. The van der Waals surface area contributed by atoms with Crippen molar-refractivity contribution in [3.8, 4) is 5.69 Å². The van der Waals surface area contributed by atoms with E-state index in [0.717, 1.165) is 5.69 Å². The molecule has 2 aliphatic rings. The van der Waals surface area contributed by atoms with Crippen molar-refractivity contribution in [2.24, 2.45) is 0 Å². The largest absolute Gasteiger partial charge is 0.449 e. The summed E-state index contributed by atoms with van der Waals surface area (Å²) in [5.41, 5.74) is 1.17. The van der Waals surface area contributed by atoms with Crippen LogP contribution in [0.25, 0.3) is 5.69 Å². The quantitative estimate of drug-likeness (QED) is 0.567. The number of rotatable bonds is 0. The molecule has 0 fully saturated rings. The van der Waals surface area contributed by atoms with E-state index < -0.39 is 0 Å². The number of hydrogen-bond donors (Lipinski definition) is 1. The van der Waals surface area contributed by atoms with Crippen molar-refractivity contribution in [1.82, 2.24) is 9.78 Å². The molecule has 0 saturated carbocycles. The van der Waals surface area contributed by atoms with E-state index in [1.165, 1.54) is 11.1 Å². The molecule has 0 atom stereocenters. The van der Waals surface area contributed by atoms with E-state index in [0.29, 0.717) is 5.49 Å². The summed E-state index contributed by atoms with van der Waals surface area (Å²) in [5.74, 6) is 0. The third kappa shape index (κ3) is 0.556. The minimum absolute atomic E-state index is 0.366. The molecule has 2 aliphatic heterocycles. The highest BCUT2D eigenvalue weighted by Gasteiger charge is 2.00. The van der Waals surface area contributed by atoms with Gasteiger partial charge in [-0.05, 0) is 12.1 Å². The van der Waals surface area contributed by atoms with Crippen molar-refractivity contribution in [2.75, 3.05) is 0 Å². The molecular weight excluding hydrogens is 130 g/mol. The molecule has 2 heterocycles. The van der Waals surface area contributed by atoms with Crippen LogP contribution in [0, 0.1) is 5.41 Å². The number of aromatic nitrogens is 2. The van der Waals surface area contributed by atoms with Gasteiger partial charge in [-0.25, -0.2) is 4.68 Å². The number of nitrogens with one attached hydrogen (secondary N) is 1. The van der Waals surface area contributed by atoms with Crippen LogP contribution in [0.1, 0.15) is 0 Å². The zero-order valence-electron chi connectivity index (χ0n) is 5.11. The molecule has 4 heteroatoms. The Labute approximate surface area is 56.6 Å². The Morgan fingerprint density at radius 2 is 2.40 bits per heavy atom. The third-order valence-corrected chi connectivity index (χ3v) is 1.30. The predicted octanol–water partition coefficient (Wildman–Crippen LogP) is 0.383. The van der Waals surface area contributed by atoms with Crippen molar-refractivity contribution < 1.29 is 4.42 Å². The molecule has 0 bridgehead atoms. The van der Waals surface area contributed by atoms with Gasteiger partial charge in [-0.15, -0.1) is 5.10 Å². The van der Waals surface area contributed by atoms with Crippen molar-refractivity contribution in [3.63, 3.8) is 0 Å². The lowest BCUT2D eigenvalue weighted by atomic mass is 10.5. The lowest BCUT2D eigenvalue weighted by molar-refractivity contribution is 0.490. The summed E-state index contributed by atoms with van der Waals surface area (Å²) in [7, 11) is 0. The van der Waals surface area contributed by atoms with Crippen LogP contribution in [0.5, 0.6) is 0 Å². The fourth-order valence-corrected chi connectivity index (χ4v) is 0.837. The number of hydrogen-bond acceptors (Lipinski definition) is 3. The summed E-state index contributed by atoms with van der Waals surface area (Å²) in [5, 5.41) is 11.1. The van der Waals surface area contributed by atoms with Crippen LogP contribution in [0.3, 0.4) is 0 Å². The lowest BCUT2D eigenvalue weighted by Gasteiger charge is -1.96. The molecule has 0 radical (unpaired) electrons. The smallest absolute Gasteiger partial charge is 0.199 e. The molecule has 0 amide bonds. The van der Waals surface area contributed by atoms with Crippen molar-refractivity contribution >= 4 is 0 Å². The molecular formula is C6H5N3O. The van der Waals surface area contributed by atoms with Gasteiger partial charge in [0, 0.05) is 0 Å². The standard InChI is InChI=1S/C6H5N3O/c7-6-2-1-5-3-10-4-8-9(5)6/h1-4,7H. The van der Waals surface area contributed by atoms with E-state index in [4.69, 9.17) is 9.83 Å². The first kappa shape index (κ1) is 5.22. The normalized spacial score (nSPS) is 10.4. The average molecular weight is 135 g/mol. The van der Waals surface area contributed by atoms with Gasteiger partial charge in [-0.1, -0.05) is 0 Å². The van der Waals surface area contributed by atoms with Gasteiger partial charge in [-0.2, -0.15) is 0 Å². The summed E-state index contributed by atoms with van der Waals surface area (Å²) in [6.07, 6.45) is 2.84. The van der Waals surface area contributed by atoms with Crippen LogP contribution in [-0.4, -0.2) is 9.78 Å². The Bertz CT molecular complexity index is 362. The summed E-state index contributed by atoms with van der Waals surface area (Å²) in [6, 6.07) is 3.44. The molecule has 0 aliphatic carbocycles. The van der Waals surface area contributed by atoms with Crippen molar-refractivity contribution in [2.45, 2.75) is 0 Å². The first-order chi connectivity index (χ1) is 4.88. The topological polar surface area (TPSA) is 54.8 Å². The van der Waals surface area contributed by atoms with Crippen LogP contribution in [0.2, 0.25) is 0 Å². The maximum absolute atomic E-state index is 7.30. The highest BCUT2D eigenvalue weighted by Crippen LogP contribution is 2.01. The molecule has 0 saturated heterocycles. The molecule has 0 unspecified atom stereocenters. The summed E-state index contributed by atoms with van der Waals surface area (Å²) in [6.45, 7) is 0. The van der Waals surface area contributed by atoms with Gasteiger partial charge in [0.1, 0.15) is 17.4 Å². The van der Waals surface area contributed by atoms with E-state index >= 15 is 0 Å². The Balaban J connectivity index is 2.91. The highest BCUT2D eigenvalue weighted by atomic mass is 16.3. The first-order valence-corrected chi connectivity index (χ1v) is 2.83. The fourth-order valence-electron chi connectivity index (χ4n) is 0.837. The van der Waals surface area contributed by atoms with Crippen LogP contribution in [0.15, 0.2) is 29.2 Å². The molecule has 0 aromatic carbocycles. The second-order valence-corrected chi connectivity index (χ2v) is 1.93. The molecule has 0 spiro atoms. The van der Waals surface area contributed by atoms with E-state index in [1.54, 1.807) is 18.4 Å². The second-order valence-electron chi connectivity index (χ2n) is 1.93. The molecule has 1 N–H and O–H groups in total. The third-order valence-electron chi connectivity index (χ3n) is 1.30. The summed E-state index contributed by atoms with van der Waals surface area (Å²) < 4.78 is 6.28. The molecule has 50 valence electrons. The predicted molar refractivity (Wildman–Crippen MR) is 32.9 cm³/mol. The van der Waals surface area contributed by atoms with Gasteiger partial charge in [0.15, 0.2) is 6.39 Å². The fraction of sp³-hybridized carbons (Fsp3) is 0. The molecule has 2 rings (SSSR count). The van der Waals surface area contributed by atoms with Gasteiger partial charge in [0.25, 0.3) is 0 Å². The van der Waals surface area contributed by atoms with Gasteiger partial charge in [-0.3, -0.25) is 5.41 Å². The Morgan fingerprint density at radius 3 is 3.20 bits per heavy atom. The monoisotopic (exact) mass is 135 g/mol. The second kappa shape index (κ2) is 1.70. The van der Waals surface area contributed by atoms with Gasteiger partial charge in [0.2, 0.25) is 0 Å². The van der Waals surface area contributed by atoms with Gasteiger partial charge in [0.05, 0.1) is 0 Å². The van der Waals surface area contributed by atoms with Crippen molar-refractivity contribution in [3.05, 3.63) is 30.3 Å². The van der Waals surface area contributed by atoms with E-state index in [1.807, 2.05) is 0 Å². The maximum atomic E-state index is 7.30. The number of nitrogens with zero attached hydrogens (tertiary/aromatic N) is 2. The average Bonchev–Trinajstić information content (AvgIpc) is 2.34. The molecule has 10 heavy (non-hydrogen) atoms. The van der Waals surface area contributed by atoms with E-state index in [9.17, 15) is 0 Å². The summed E-state index contributed by atoms with van der Waals surface area (Å²) >= 11 is 0. The minimum Gasteiger partial charge on any atom is -0.449 e. The van der Waals surface area contributed by atoms with Crippen molar-refractivity contribution in [1.29, 1.82) is 5.41 Å². The Kier molecular flexibility index (Phi) is 0.887.